The van der Waals surface area contributed by atoms with Crippen molar-refractivity contribution < 1.29 is 4.42 Å². The summed E-state index contributed by atoms with van der Waals surface area (Å²) in [5, 5.41) is 14.5. The lowest BCUT2D eigenvalue weighted by Gasteiger charge is -2.24. The van der Waals surface area contributed by atoms with Crippen LogP contribution in [0.2, 0.25) is 0 Å². The van der Waals surface area contributed by atoms with Gasteiger partial charge < -0.3 is 4.42 Å². The number of benzene rings is 9. The minimum atomic E-state index is -0.327. The van der Waals surface area contributed by atoms with Crippen LogP contribution in [0.15, 0.2) is 168 Å². The number of nitrogens with zero attached hydrogens (tertiary/aromatic N) is 3. The summed E-state index contributed by atoms with van der Waals surface area (Å²) in [4.78, 5) is 11.3. The second-order valence-electron chi connectivity index (χ2n) is 16.1. The van der Waals surface area contributed by atoms with Gasteiger partial charge in [-0.05, 0) is 62.1 Å². The van der Waals surface area contributed by atoms with E-state index in [0.29, 0.717) is 5.95 Å². The Morgan fingerprint density at radius 3 is 1.89 bits per heavy atom. The van der Waals surface area contributed by atoms with E-state index in [1.54, 1.807) is 0 Å². The van der Waals surface area contributed by atoms with Gasteiger partial charge in [-0.15, -0.1) is 0 Å². The third-order valence-corrected chi connectivity index (χ3v) is 12.8. The van der Waals surface area contributed by atoms with Crippen LogP contribution in [-0.2, 0) is 5.41 Å². The average molecular weight is 728 g/mol. The van der Waals surface area contributed by atoms with Crippen molar-refractivity contribution in [3.8, 4) is 28.5 Å². The molecule has 0 saturated carbocycles. The van der Waals surface area contributed by atoms with Gasteiger partial charge in [-0.25, -0.2) is 9.97 Å². The van der Waals surface area contributed by atoms with E-state index < -0.39 is 0 Å². The van der Waals surface area contributed by atoms with Crippen molar-refractivity contribution in [2.24, 2.45) is 0 Å². The number of fused-ring (bicyclic) bond motifs is 18. The number of hydrogen-bond donors (Lipinski definition) is 0. The smallest absolute Gasteiger partial charge is 0.235 e. The second kappa shape index (κ2) is 10.9. The maximum atomic E-state index is 6.47. The molecule has 0 N–H and O–H groups in total. The molecule has 9 aromatic carbocycles. The van der Waals surface area contributed by atoms with E-state index in [-0.39, 0.29) is 5.41 Å². The van der Waals surface area contributed by atoms with Gasteiger partial charge in [0.15, 0.2) is 0 Å². The van der Waals surface area contributed by atoms with E-state index in [0.717, 1.165) is 61.1 Å². The Kier molecular flexibility index (Phi) is 5.94. The minimum absolute atomic E-state index is 0.327. The molecule has 0 unspecified atom stereocenters. The first-order valence-corrected chi connectivity index (χ1v) is 19.7. The van der Waals surface area contributed by atoms with Gasteiger partial charge in [0.05, 0.1) is 22.4 Å². The maximum Gasteiger partial charge on any atom is 0.235 e. The van der Waals surface area contributed by atoms with E-state index in [2.05, 4.69) is 170 Å². The van der Waals surface area contributed by atoms with Crippen molar-refractivity contribution in [1.29, 1.82) is 0 Å². The molecule has 0 radical (unpaired) electrons. The summed E-state index contributed by atoms with van der Waals surface area (Å²) in [6.45, 7) is 4.61. The van der Waals surface area contributed by atoms with E-state index in [9.17, 15) is 0 Å². The van der Waals surface area contributed by atoms with Gasteiger partial charge >= 0.3 is 0 Å². The first-order valence-electron chi connectivity index (χ1n) is 19.7. The van der Waals surface area contributed by atoms with Crippen LogP contribution < -0.4 is 0 Å². The number of furan rings is 1. The zero-order valence-electron chi connectivity index (χ0n) is 31.3. The van der Waals surface area contributed by atoms with Gasteiger partial charge in [0.2, 0.25) is 5.95 Å². The molecule has 3 aromatic heterocycles. The van der Waals surface area contributed by atoms with E-state index in [1.807, 2.05) is 12.1 Å². The highest BCUT2D eigenvalue weighted by Gasteiger charge is 2.40. The lowest BCUT2D eigenvalue weighted by Crippen LogP contribution is -2.18. The number of aromatic nitrogens is 3. The highest BCUT2D eigenvalue weighted by Crippen LogP contribution is 2.52. The van der Waals surface area contributed by atoms with Crippen LogP contribution in [0.3, 0.4) is 0 Å². The predicted octanol–water partition coefficient (Wildman–Crippen LogP) is 14.1. The van der Waals surface area contributed by atoms with E-state index in [1.165, 1.54) is 59.4 Å². The van der Waals surface area contributed by atoms with E-state index >= 15 is 0 Å². The number of hydrogen-bond acceptors (Lipinski definition) is 3. The number of para-hydroxylation sites is 1. The van der Waals surface area contributed by atoms with Gasteiger partial charge in [0.25, 0.3) is 0 Å². The zero-order valence-corrected chi connectivity index (χ0v) is 31.3. The van der Waals surface area contributed by atoms with Crippen LogP contribution in [0, 0.1) is 0 Å². The van der Waals surface area contributed by atoms with Crippen molar-refractivity contribution in [2.75, 3.05) is 0 Å². The Balaban J connectivity index is 1.21. The van der Waals surface area contributed by atoms with Crippen LogP contribution >= 0.6 is 0 Å². The molecule has 0 bridgehead atoms. The number of rotatable bonds is 2. The Hall–Kier alpha value is -7.30. The fraction of sp³-hybridized carbons (Fsp3) is 0.0566. The largest absolute Gasteiger partial charge is 0.456 e. The first-order chi connectivity index (χ1) is 28.0. The van der Waals surface area contributed by atoms with Crippen molar-refractivity contribution in [1.82, 2.24) is 14.5 Å². The monoisotopic (exact) mass is 727 g/mol. The molecule has 0 amide bonds. The molecule has 0 fully saturated rings. The highest BCUT2D eigenvalue weighted by atomic mass is 16.3. The lowest BCUT2D eigenvalue weighted by atomic mass is 9.81. The van der Waals surface area contributed by atoms with Gasteiger partial charge in [-0.1, -0.05) is 153 Å². The molecule has 0 spiro atoms. The zero-order chi connectivity index (χ0) is 37.6. The van der Waals surface area contributed by atoms with Crippen molar-refractivity contribution in [2.45, 2.75) is 19.3 Å². The highest BCUT2D eigenvalue weighted by molar-refractivity contribution is 6.36. The molecule has 4 heteroatoms. The molecular weight excluding hydrogens is 695 g/mol. The Morgan fingerprint density at radius 2 is 1.07 bits per heavy atom. The fourth-order valence-corrected chi connectivity index (χ4v) is 10.3. The molecule has 266 valence electrons. The molecule has 1 aliphatic carbocycles. The summed E-state index contributed by atoms with van der Waals surface area (Å²) in [5.41, 5.74) is 10.1. The second-order valence-corrected chi connectivity index (χ2v) is 16.1. The van der Waals surface area contributed by atoms with Crippen molar-refractivity contribution in [3.63, 3.8) is 0 Å². The first kappa shape index (κ1) is 31.0. The van der Waals surface area contributed by atoms with Gasteiger partial charge in [0.1, 0.15) is 11.2 Å². The molecule has 13 rings (SSSR count). The predicted molar refractivity (Wildman–Crippen MR) is 237 cm³/mol. The van der Waals surface area contributed by atoms with Crippen LogP contribution in [0.4, 0.5) is 0 Å². The normalized spacial score (nSPS) is 13.6. The SMILES string of the molecule is CC1(C)c2ccccc2-c2nc(-n3c4ccc5c6ccccc6c6ccccc6c5c4c4ccc5ccccc5c43)nc(-c3ccc4c(c3)oc3ccccc34)c21. The summed E-state index contributed by atoms with van der Waals surface area (Å²) < 4.78 is 8.81. The molecule has 0 atom stereocenters. The van der Waals surface area contributed by atoms with Gasteiger partial charge in [0, 0.05) is 54.4 Å². The fourth-order valence-electron chi connectivity index (χ4n) is 10.3. The molecule has 3 heterocycles. The third kappa shape index (κ3) is 4.01. The average Bonchev–Trinajstić information content (AvgIpc) is 3.88. The lowest BCUT2D eigenvalue weighted by molar-refractivity contribution is 0.656. The molecule has 57 heavy (non-hydrogen) atoms. The molecule has 12 aromatic rings. The van der Waals surface area contributed by atoms with Gasteiger partial charge in [-0.3, -0.25) is 4.57 Å². The van der Waals surface area contributed by atoms with Crippen LogP contribution in [0.1, 0.15) is 25.0 Å². The molecule has 0 saturated heterocycles. The van der Waals surface area contributed by atoms with Crippen LogP contribution in [0.5, 0.6) is 0 Å². The summed E-state index contributed by atoms with van der Waals surface area (Å²) in [7, 11) is 0. The summed E-state index contributed by atoms with van der Waals surface area (Å²) in [6.07, 6.45) is 0. The molecule has 0 aliphatic heterocycles. The summed E-state index contributed by atoms with van der Waals surface area (Å²) in [5.74, 6) is 0.654. The topological polar surface area (TPSA) is 43.9 Å². The minimum Gasteiger partial charge on any atom is -0.456 e. The Labute approximate surface area is 327 Å². The van der Waals surface area contributed by atoms with Crippen LogP contribution in [0.25, 0.3) is 115 Å². The third-order valence-electron chi connectivity index (χ3n) is 12.8. The van der Waals surface area contributed by atoms with E-state index in [4.69, 9.17) is 14.4 Å². The Morgan fingerprint density at radius 1 is 0.474 bits per heavy atom. The molecular formula is C53H33N3O. The maximum absolute atomic E-state index is 6.47. The van der Waals surface area contributed by atoms with Crippen molar-refractivity contribution >= 4 is 86.8 Å². The molecule has 1 aliphatic rings. The van der Waals surface area contributed by atoms with Crippen LogP contribution in [-0.4, -0.2) is 14.5 Å². The quantitative estimate of drug-likeness (QED) is 0.167. The summed E-state index contributed by atoms with van der Waals surface area (Å²) >= 11 is 0. The van der Waals surface area contributed by atoms with Gasteiger partial charge in [-0.2, -0.15) is 0 Å². The van der Waals surface area contributed by atoms with Crippen molar-refractivity contribution in [3.05, 3.63) is 175 Å². The standard InChI is InChI=1S/C53H33N3O/c1-53(2)42-21-11-9-20-40(42)50-48(53)49(31-24-25-37-36-18-10-12-22-44(36)57-45(37)29-31)54-52(55-50)56-43-28-27-39-35-17-6-5-15-33(35)34-16-7-8-19-38(34)46(39)47(43)41-26-23-30-13-3-4-14-32(30)51(41)56/h3-29H,1-2H3. The molecule has 4 nitrogen and oxygen atoms in total. The summed E-state index contributed by atoms with van der Waals surface area (Å²) in [6, 6.07) is 59.1. The Bertz CT molecular complexity index is 3700.